The van der Waals surface area contributed by atoms with Gasteiger partial charge in [-0.15, -0.1) is 0 Å². The molecule has 6 heteroatoms. The Bertz CT molecular complexity index is 676. The highest BCUT2D eigenvalue weighted by Gasteiger charge is 2.27. The van der Waals surface area contributed by atoms with Crippen molar-refractivity contribution in [2.24, 2.45) is 5.73 Å². The first-order valence-electron chi connectivity index (χ1n) is 5.91. The van der Waals surface area contributed by atoms with Crippen LogP contribution in [0.25, 0.3) is 11.1 Å². The molecule has 3 rings (SSSR count). The average Bonchev–Trinajstić information content (AvgIpc) is 2.83. The lowest BCUT2D eigenvalue weighted by molar-refractivity contribution is 0.0583. The van der Waals surface area contributed by atoms with Gasteiger partial charge in [0.2, 0.25) is 0 Å². The van der Waals surface area contributed by atoms with Gasteiger partial charge in [0.15, 0.2) is 11.5 Å². The van der Waals surface area contributed by atoms with E-state index in [-0.39, 0.29) is 6.54 Å². The number of fused-ring (bicyclic) bond motifs is 1. The van der Waals surface area contributed by atoms with Crippen molar-refractivity contribution in [1.29, 1.82) is 0 Å². The van der Waals surface area contributed by atoms with Crippen LogP contribution in [-0.2, 0) is 0 Å². The normalized spacial score (nSPS) is 16.5. The van der Waals surface area contributed by atoms with Gasteiger partial charge in [-0.05, 0) is 24.3 Å². The highest BCUT2D eigenvalue weighted by atomic mass is 35.5. The number of benzene rings is 2. The third-order valence-electron chi connectivity index (χ3n) is 2.94. The minimum atomic E-state index is -0.514. The molecule has 1 aliphatic heterocycles. The Morgan fingerprint density at radius 3 is 2.45 bits per heavy atom. The number of hydrogen-bond acceptors (Lipinski definition) is 3. The van der Waals surface area contributed by atoms with E-state index >= 15 is 0 Å². The second-order valence-corrected chi connectivity index (χ2v) is 5.59. The quantitative estimate of drug-likeness (QED) is 0.889. The zero-order valence-electron chi connectivity index (χ0n) is 10.2. The first kappa shape index (κ1) is 13.8. The summed E-state index contributed by atoms with van der Waals surface area (Å²) >= 11 is 18.4. The van der Waals surface area contributed by atoms with Gasteiger partial charge in [-0.25, -0.2) is 0 Å². The predicted octanol–water partition coefficient (Wildman–Crippen LogP) is 4.37. The van der Waals surface area contributed by atoms with E-state index in [2.05, 4.69) is 0 Å². The monoisotopic (exact) mass is 329 g/mol. The molecule has 0 bridgehead atoms. The second-order valence-electron chi connectivity index (χ2n) is 4.31. The zero-order chi connectivity index (χ0) is 14.3. The summed E-state index contributed by atoms with van der Waals surface area (Å²) in [4.78, 5) is 0. The van der Waals surface area contributed by atoms with Gasteiger partial charge >= 0.3 is 0 Å². The van der Waals surface area contributed by atoms with Gasteiger partial charge in [0.1, 0.15) is 0 Å². The highest BCUT2D eigenvalue weighted by molar-refractivity contribution is 6.36. The Kier molecular flexibility index (Phi) is 3.69. The smallest absolute Gasteiger partial charge is 0.253 e. The summed E-state index contributed by atoms with van der Waals surface area (Å²) < 4.78 is 11.2. The van der Waals surface area contributed by atoms with Gasteiger partial charge in [-0.3, -0.25) is 0 Å². The lowest BCUT2D eigenvalue weighted by atomic mass is 10.0. The fraction of sp³-hybridized carbons (Fsp3) is 0.143. The molecule has 3 nitrogen and oxygen atoms in total. The molecule has 0 saturated heterocycles. The van der Waals surface area contributed by atoms with Crippen molar-refractivity contribution in [1.82, 2.24) is 0 Å². The Morgan fingerprint density at radius 1 is 0.950 bits per heavy atom. The molecular formula is C14H10Cl3NO2. The number of rotatable bonds is 2. The summed E-state index contributed by atoms with van der Waals surface area (Å²) in [7, 11) is 0. The molecule has 0 spiro atoms. The van der Waals surface area contributed by atoms with E-state index in [0.717, 1.165) is 11.1 Å². The second kappa shape index (κ2) is 5.34. The fourth-order valence-electron chi connectivity index (χ4n) is 2.08. The van der Waals surface area contributed by atoms with Crippen LogP contribution in [0.2, 0.25) is 15.1 Å². The van der Waals surface area contributed by atoms with Crippen LogP contribution in [0.5, 0.6) is 11.5 Å². The summed E-state index contributed by atoms with van der Waals surface area (Å²) in [5.41, 5.74) is 7.03. The van der Waals surface area contributed by atoms with Crippen LogP contribution in [-0.4, -0.2) is 12.8 Å². The zero-order valence-corrected chi connectivity index (χ0v) is 12.5. The van der Waals surface area contributed by atoms with Crippen LogP contribution >= 0.6 is 34.8 Å². The van der Waals surface area contributed by atoms with Crippen molar-refractivity contribution in [2.75, 3.05) is 6.54 Å². The number of halogens is 3. The standard InChI is InChI=1S/C14H10Cl3NO2/c15-7-1-2-11(17)9(3-7)10-4-8(16)5-12-14(10)20-13(6-18)19-12/h1-5,13H,6,18H2. The van der Waals surface area contributed by atoms with Crippen LogP contribution in [0, 0.1) is 0 Å². The van der Waals surface area contributed by atoms with Crippen LogP contribution in [0.3, 0.4) is 0 Å². The van der Waals surface area contributed by atoms with E-state index in [1.54, 1.807) is 30.3 Å². The van der Waals surface area contributed by atoms with Crippen molar-refractivity contribution in [3.8, 4) is 22.6 Å². The number of ether oxygens (including phenoxy) is 2. The molecule has 0 radical (unpaired) electrons. The molecule has 0 aromatic heterocycles. The summed E-state index contributed by atoms with van der Waals surface area (Å²) in [6, 6.07) is 8.66. The first-order valence-corrected chi connectivity index (χ1v) is 7.04. The molecule has 1 atom stereocenters. The molecule has 2 N–H and O–H groups in total. The van der Waals surface area contributed by atoms with Gasteiger partial charge < -0.3 is 15.2 Å². The third-order valence-corrected chi connectivity index (χ3v) is 3.72. The van der Waals surface area contributed by atoms with Gasteiger partial charge in [0, 0.05) is 32.3 Å². The minimum absolute atomic E-state index is 0.245. The van der Waals surface area contributed by atoms with Crippen molar-refractivity contribution >= 4 is 34.8 Å². The topological polar surface area (TPSA) is 44.5 Å². The van der Waals surface area contributed by atoms with Gasteiger partial charge in [-0.2, -0.15) is 0 Å². The Labute approximate surface area is 131 Å². The van der Waals surface area contributed by atoms with E-state index in [4.69, 9.17) is 50.0 Å². The van der Waals surface area contributed by atoms with E-state index < -0.39 is 6.29 Å². The van der Waals surface area contributed by atoms with E-state index in [0.29, 0.717) is 26.6 Å². The Morgan fingerprint density at radius 2 is 1.70 bits per heavy atom. The van der Waals surface area contributed by atoms with Crippen LogP contribution in [0.4, 0.5) is 0 Å². The van der Waals surface area contributed by atoms with E-state index in [9.17, 15) is 0 Å². The molecule has 0 saturated carbocycles. The molecule has 0 amide bonds. The van der Waals surface area contributed by atoms with Crippen LogP contribution in [0.15, 0.2) is 30.3 Å². The summed E-state index contributed by atoms with van der Waals surface area (Å²) in [5, 5.41) is 1.65. The molecule has 104 valence electrons. The lowest BCUT2D eigenvalue weighted by Gasteiger charge is -2.10. The first-order chi connectivity index (χ1) is 9.58. The molecular weight excluding hydrogens is 321 g/mol. The maximum absolute atomic E-state index is 6.23. The summed E-state index contributed by atoms with van der Waals surface area (Å²) in [6.07, 6.45) is -0.514. The molecule has 1 unspecified atom stereocenters. The number of hydrogen-bond donors (Lipinski definition) is 1. The average molecular weight is 331 g/mol. The van der Waals surface area contributed by atoms with Gasteiger partial charge in [-0.1, -0.05) is 34.8 Å². The summed E-state index contributed by atoms with van der Waals surface area (Å²) in [5.74, 6) is 1.13. The van der Waals surface area contributed by atoms with E-state index in [1.165, 1.54) is 0 Å². The molecule has 20 heavy (non-hydrogen) atoms. The van der Waals surface area contributed by atoms with Crippen molar-refractivity contribution in [2.45, 2.75) is 6.29 Å². The fourth-order valence-corrected chi connectivity index (χ4v) is 2.67. The summed E-state index contributed by atoms with van der Waals surface area (Å²) in [6.45, 7) is 0.245. The molecule has 0 aliphatic carbocycles. The van der Waals surface area contributed by atoms with Gasteiger partial charge in [0.05, 0.1) is 6.54 Å². The molecule has 2 aromatic carbocycles. The SMILES string of the molecule is NCC1Oc2cc(Cl)cc(-c3cc(Cl)ccc3Cl)c2O1. The Balaban J connectivity index is 2.18. The maximum Gasteiger partial charge on any atom is 0.253 e. The Hall–Kier alpha value is -1.13. The lowest BCUT2D eigenvalue weighted by Crippen LogP contribution is -2.27. The van der Waals surface area contributed by atoms with Crippen molar-refractivity contribution < 1.29 is 9.47 Å². The van der Waals surface area contributed by atoms with Gasteiger partial charge in [0.25, 0.3) is 6.29 Å². The maximum atomic E-state index is 6.23. The molecule has 0 fully saturated rings. The molecule has 2 aromatic rings. The highest BCUT2D eigenvalue weighted by Crippen LogP contribution is 2.47. The molecule has 1 heterocycles. The van der Waals surface area contributed by atoms with Crippen molar-refractivity contribution in [3.63, 3.8) is 0 Å². The van der Waals surface area contributed by atoms with Crippen molar-refractivity contribution in [3.05, 3.63) is 45.4 Å². The molecule has 1 aliphatic rings. The third kappa shape index (κ3) is 2.42. The number of nitrogens with two attached hydrogens (primary N) is 1. The van der Waals surface area contributed by atoms with Crippen LogP contribution < -0.4 is 15.2 Å². The predicted molar refractivity (Wildman–Crippen MR) is 81.0 cm³/mol. The largest absolute Gasteiger partial charge is 0.450 e. The van der Waals surface area contributed by atoms with Crippen LogP contribution in [0.1, 0.15) is 0 Å². The van der Waals surface area contributed by atoms with E-state index in [1.807, 2.05) is 0 Å². The minimum Gasteiger partial charge on any atom is -0.450 e.